The summed E-state index contributed by atoms with van der Waals surface area (Å²) >= 11 is 1.54. The van der Waals surface area contributed by atoms with Crippen LogP contribution in [0.15, 0.2) is 51.9 Å². The van der Waals surface area contributed by atoms with E-state index >= 15 is 0 Å². The lowest BCUT2D eigenvalue weighted by atomic mass is 10.1. The average molecular weight is 398 g/mol. The molecular formula is C21H23N3O3S. The van der Waals surface area contributed by atoms with Crippen LogP contribution in [-0.4, -0.2) is 39.3 Å². The van der Waals surface area contributed by atoms with Crippen molar-refractivity contribution in [1.29, 1.82) is 0 Å². The normalized spacial score (nSPS) is 11.8. The van der Waals surface area contributed by atoms with Gasteiger partial charge in [0.1, 0.15) is 5.75 Å². The van der Waals surface area contributed by atoms with Gasteiger partial charge in [-0.15, -0.1) is 11.3 Å². The van der Waals surface area contributed by atoms with Gasteiger partial charge >= 0.3 is 0 Å². The van der Waals surface area contributed by atoms with Crippen LogP contribution in [-0.2, 0) is 0 Å². The molecule has 3 aromatic rings. The van der Waals surface area contributed by atoms with Crippen LogP contribution in [0.5, 0.6) is 17.2 Å². The highest BCUT2D eigenvalue weighted by atomic mass is 32.1. The maximum atomic E-state index is 5.48. The van der Waals surface area contributed by atoms with Crippen molar-refractivity contribution in [2.75, 3.05) is 28.4 Å². The Labute approximate surface area is 168 Å². The monoisotopic (exact) mass is 397 g/mol. The van der Waals surface area contributed by atoms with E-state index in [9.17, 15) is 0 Å². The molecule has 0 aliphatic rings. The molecule has 0 bridgehead atoms. The largest absolute Gasteiger partial charge is 0.496 e. The first kappa shape index (κ1) is 19.7. The van der Waals surface area contributed by atoms with Crippen LogP contribution in [0.4, 0.5) is 0 Å². The molecule has 0 fully saturated rings. The zero-order chi connectivity index (χ0) is 20.1. The number of benzene rings is 2. The van der Waals surface area contributed by atoms with E-state index in [2.05, 4.69) is 46.7 Å². The van der Waals surface area contributed by atoms with Gasteiger partial charge in [0.2, 0.25) is 4.80 Å². The van der Waals surface area contributed by atoms with Crippen molar-refractivity contribution < 1.29 is 14.2 Å². The molecule has 3 rings (SSSR count). The molecule has 0 amide bonds. The molecular weight excluding hydrogens is 374 g/mol. The van der Waals surface area contributed by atoms with Gasteiger partial charge in [-0.25, -0.2) is 4.68 Å². The topological polar surface area (TPSA) is 57.3 Å². The summed E-state index contributed by atoms with van der Waals surface area (Å²) in [5, 5.41) is 6.73. The fourth-order valence-corrected chi connectivity index (χ4v) is 3.56. The van der Waals surface area contributed by atoms with E-state index < -0.39 is 0 Å². The zero-order valence-corrected chi connectivity index (χ0v) is 17.4. The van der Waals surface area contributed by atoms with Crippen molar-refractivity contribution in [3.05, 3.63) is 57.7 Å². The quantitative estimate of drug-likeness (QED) is 0.592. The first-order valence-corrected chi connectivity index (χ1v) is 9.54. The van der Waals surface area contributed by atoms with E-state index in [1.54, 1.807) is 52.0 Å². The summed E-state index contributed by atoms with van der Waals surface area (Å²) < 4.78 is 18.0. The molecule has 28 heavy (non-hydrogen) atoms. The summed E-state index contributed by atoms with van der Waals surface area (Å²) in [6.45, 7) is 2.07. The molecule has 0 saturated heterocycles. The predicted octanol–water partition coefficient (Wildman–Crippen LogP) is 3.96. The van der Waals surface area contributed by atoms with Crippen LogP contribution in [0.3, 0.4) is 0 Å². The highest BCUT2D eigenvalue weighted by Gasteiger charge is 2.11. The average Bonchev–Trinajstić information content (AvgIpc) is 3.14. The second kappa shape index (κ2) is 8.75. The number of nitrogens with zero attached hydrogens (tertiary/aromatic N) is 3. The van der Waals surface area contributed by atoms with Crippen LogP contribution in [0.1, 0.15) is 11.1 Å². The molecule has 2 aromatic carbocycles. The van der Waals surface area contributed by atoms with Gasteiger partial charge in [0.25, 0.3) is 0 Å². The predicted molar refractivity (Wildman–Crippen MR) is 113 cm³/mol. The van der Waals surface area contributed by atoms with Crippen LogP contribution < -0.4 is 19.0 Å². The van der Waals surface area contributed by atoms with E-state index in [4.69, 9.17) is 14.2 Å². The molecule has 1 heterocycles. The third-order valence-corrected chi connectivity index (χ3v) is 5.18. The summed E-state index contributed by atoms with van der Waals surface area (Å²) in [5.41, 5.74) is 4.04. The van der Waals surface area contributed by atoms with Crippen LogP contribution in [0.25, 0.3) is 11.3 Å². The van der Waals surface area contributed by atoms with Gasteiger partial charge in [-0.3, -0.25) is 4.99 Å². The lowest BCUT2D eigenvalue weighted by molar-refractivity contribution is 0.349. The number of rotatable bonds is 6. The fraction of sp³-hybridized carbons (Fsp3) is 0.238. The van der Waals surface area contributed by atoms with Crippen molar-refractivity contribution in [3.63, 3.8) is 0 Å². The summed E-state index contributed by atoms with van der Waals surface area (Å²) in [5.74, 6) is 1.85. The van der Waals surface area contributed by atoms with Gasteiger partial charge in [-0.2, -0.15) is 5.10 Å². The van der Waals surface area contributed by atoms with Crippen molar-refractivity contribution in [1.82, 2.24) is 4.68 Å². The smallest absolute Gasteiger partial charge is 0.205 e. The van der Waals surface area contributed by atoms with Gasteiger partial charge in [-0.1, -0.05) is 29.8 Å². The van der Waals surface area contributed by atoms with E-state index in [1.807, 2.05) is 10.7 Å². The Morgan fingerprint density at radius 1 is 0.929 bits per heavy atom. The summed E-state index contributed by atoms with van der Waals surface area (Å²) in [7, 11) is 6.56. The molecule has 0 saturated carbocycles. The van der Waals surface area contributed by atoms with Crippen molar-refractivity contribution in [2.24, 2.45) is 10.1 Å². The Hall–Kier alpha value is -3.06. The SMILES string of the molecule is CN=c1scc(-c2ccc(C)cc2)n1N=Cc1cc(OC)c(OC)cc1OC. The Balaban J connectivity index is 2.08. The first-order valence-electron chi connectivity index (χ1n) is 8.66. The molecule has 0 radical (unpaired) electrons. The number of hydrogen-bond acceptors (Lipinski definition) is 6. The molecule has 0 aliphatic heterocycles. The molecule has 7 heteroatoms. The molecule has 0 unspecified atom stereocenters. The lowest BCUT2D eigenvalue weighted by Crippen LogP contribution is -2.11. The Morgan fingerprint density at radius 3 is 2.18 bits per heavy atom. The first-order chi connectivity index (χ1) is 13.6. The van der Waals surface area contributed by atoms with E-state index in [0.717, 1.165) is 21.6 Å². The van der Waals surface area contributed by atoms with Gasteiger partial charge in [0.05, 0.1) is 33.2 Å². The molecule has 0 spiro atoms. The lowest BCUT2D eigenvalue weighted by Gasteiger charge is -2.12. The third kappa shape index (κ3) is 3.94. The van der Waals surface area contributed by atoms with E-state index in [-0.39, 0.29) is 0 Å². The molecule has 6 nitrogen and oxygen atoms in total. The second-order valence-electron chi connectivity index (χ2n) is 6.00. The number of hydrogen-bond donors (Lipinski definition) is 0. The minimum Gasteiger partial charge on any atom is -0.496 e. The highest BCUT2D eigenvalue weighted by Crippen LogP contribution is 2.33. The maximum absolute atomic E-state index is 5.48. The molecule has 0 N–H and O–H groups in total. The molecule has 0 aliphatic carbocycles. The summed E-state index contributed by atoms with van der Waals surface area (Å²) in [6.07, 6.45) is 1.74. The van der Waals surface area contributed by atoms with Crippen molar-refractivity contribution in [2.45, 2.75) is 6.92 Å². The number of methoxy groups -OCH3 is 3. The molecule has 0 atom stereocenters. The van der Waals surface area contributed by atoms with Crippen molar-refractivity contribution in [3.8, 4) is 28.5 Å². The highest BCUT2D eigenvalue weighted by molar-refractivity contribution is 7.07. The van der Waals surface area contributed by atoms with E-state index in [0.29, 0.717) is 17.2 Å². The van der Waals surface area contributed by atoms with Gasteiger partial charge in [0, 0.05) is 29.6 Å². The minimum absolute atomic E-state index is 0.601. The standard InChI is InChI=1S/C21H23N3O3S/c1-14-6-8-15(9-7-14)17-13-28-21(22-2)24(17)23-12-16-10-19(26-4)20(27-5)11-18(16)25-3/h6-13H,1-5H3. The fourth-order valence-electron chi connectivity index (χ4n) is 2.76. The second-order valence-corrected chi connectivity index (χ2v) is 6.84. The number of aromatic nitrogens is 1. The van der Waals surface area contributed by atoms with Crippen molar-refractivity contribution >= 4 is 17.6 Å². The minimum atomic E-state index is 0.601. The molecule has 146 valence electrons. The summed E-state index contributed by atoms with van der Waals surface area (Å²) in [6, 6.07) is 12.0. The Bertz CT molecular complexity index is 1050. The van der Waals surface area contributed by atoms with Crippen LogP contribution >= 0.6 is 11.3 Å². The molecule has 1 aromatic heterocycles. The van der Waals surface area contributed by atoms with Gasteiger partial charge < -0.3 is 14.2 Å². The van der Waals surface area contributed by atoms with E-state index in [1.165, 1.54) is 5.56 Å². The maximum Gasteiger partial charge on any atom is 0.205 e. The van der Waals surface area contributed by atoms with Crippen LogP contribution in [0.2, 0.25) is 0 Å². The van der Waals surface area contributed by atoms with Gasteiger partial charge in [0.15, 0.2) is 11.5 Å². The third-order valence-electron chi connectivity index (χ3n) is 4.27. The Kier molecular flexibility index (Phi) is 6.16. The number of thiazole rings is 1. The number of ether oxygens (including phenoxy) is 3. The summed E-state index contributed by atoms with van der Waals surface area (Å²) in [4.78, 5) is 5.14. The number of aryl methyl sites for hydroxylation is 1. The zero-order valence-electron chi connectivity index (χ0n) is 16.6. The Morgan fingerprint density at radius 2 is 1.57 bits per heavy atom. The van der Waals surface area contributed by atoms with Crippen LogP contribution in [0, 0.1) is 6.92 Å². The van der Waals surface area contributed by atoms with Gasteiger partial charge in [-0.05, 0) is 13.0 Å².